The minimum absolute atomic E-state index is 0.144. The smallest absolute Gasteiger partial charge is 0.335 e. The Bertz CT molecular complexity index is 502. The largest absolute Gasteiger partial charge is 0.478 e. The molecule has 0 aliphatic rings. The van der Waals surface area contributed by atoms with Gasteiger partial charge in [-0.05, 0) is 38.1 Å². The first-order valence-corrected chi connectivity index (χ1v) is 6.01. The van der Waals surface area contributed by atoms with E-state index in [-0.39, 0.29) is 17.4 Å². The van der Waals surface area contributed by atoms with Gasteiger partial charge in [-0.25, -0.2) is 4.79 Å². The lowest BCUT2D eigenvalue weighted by Crippen LogP contribution is -2.34. The summed E-state index contributed by atoms with van der Waals surface area (Å²) in [4.78, 5) is 24.5. The number of aromatic carboxylic acids is 1. The lowest BCUT2D eigenvalue weighted by molar-refractivity contribution is 0.0693. The second-order valence-electron chi connectivity index (χ2n) is 4.26. The van der Waals surface area contributed by atoms with Crippen LogP contribution in [0.25, 0.3) is 0 Å². The van der Waals surface area contributed by atoms with Crippen molar-refractivity contribution in [2.45, 2.75) is 13.8 Å². The van der Waals surface area contributed by atoms with Crippen molar-refractivity contribution < 1.29 is 14.7 Å². The first-order chi connectivity index (χ1) is 8.99. The number of amides is 1. The van der Waals surface area contributed by atoms with Gasteiger partial charge in [-0.15, -0.1) is 0 Å². The summed E-state index contributed by atoms with van der Waals surface area (Å²) >= 11 is 0. The van der Waals surface area contributed by atoms with Crippen LogP contribution in [0.5, 0.6) is 0 Å². The summed E-state index contributed by atoms with van der Waals surface area (Å²) in [6.45, 7) is 4.47. The molecule has 0 radical (unpaired) electrons. The summed E-state index contributed by atoms with van der Waals surface area (Å²) in [5.41, 5.74) is 0.571. The molecular formula is C14H16N2O3. The number of carbonyl (C=O) groups excluding carboxylic acids is 1. The zero-order valence-corrected chi connectivity index (χ0v) is 11.0. The molecule has 0 bridgehead atoms. The van der Waals surface area contributed by atoms with Gasteiger partial charge in [0.05, 0.1) is 17.6 Å². The molecule has 0 spiro atoms. The average Bonchev–Trinajstić information content (AvgIpc) is 2.43. The second kappa shape index (κ2) is 6.55. The van der Waals surface area contributed by atoms with Crippen molar-refractivity contribution in [2.75, 3.05) is 13.1 Å². The Morgan fingerprint density at radius 1 is 1.32 bits per heavy atom. The summed E-state index contributed by atoms with van der Waals surface area (Å²) in [6, 6.07) is 7.87. The molecule has 0 heterocycles. The number of hydrogen-bond donors (Lipinski definition) is 1. The number of hydrogen-bond acceptors (Lipinski definition) is 3. The van der Waals surface area contributed by atoms with E-state index in [1.54, 1.807) is 11.8 Å². The topological polar surface area (TPSA) is 81.4 Å². The fourth-order valence-electron chi connectivity index (χ4n) is 1.66. The molecule has 1 N–H and O–H groups in total. The first kappa shape index (κ1) is 14.7. The minimum atomic E-state index is -1.02. The molecule has 1 aromatic rings. The number of nitriles is 1. The molecule has 1 unspecified atom stereocenters. The van der Waals surface area contributed by atoms with Gasteiger partial charge in [-0.1, -0.05) is 0 Å². The van der Waals surface area contributed by atoms with Gasteiger partial charge in [-0.3, -0.25) is 4.79 Å². The van der Waals surface area contributed by atoms with Crippen LogP contribution in [0.1, 0.15) is 34.6 Å². The van der Waals surface area contributed by atoms with Gasteiger partial charge >= 0.3 is 5.97 Å². The van der Waals surface area contributed by atoms with Crippen LogP contribution in [-0.4, -0.2) is 35.0 Å². The van der Waals surface area contributed by atoms with Crippen molar-refractivity contribution >= 4 is 11.9 Å². The number of carboxylic acid groups (broad SMARTS) is 1. The van der Waals surface area contributed by atoms with Crippen LogP contribution in [0.4, 0.5) is 0 Å². The highest BCUT2D eigenvalue weighted by Gasteiger charge is 2.16. The van der Waals surface area contributed by atoms with Crippen molar-refractivity contribution in [3.8, 4) is 6.07 Å². The van der Waals surface area contributed by atoms with Gasteiger partial charge in [0.15, 0.2) is 0 Å². The Labute approximate surface area is 112 Å². The molecule has 1 aromatic carbocycles. The van der Waals surface area contributed by atoms with Crippen LogP contribution in [-0.2, 0) is 0 Å². The van der Waals surface area contributed by atoms with E-state index in [0.29, 0.717) is 18.7 Å². The predicted octanol–water partition coefficient (Wildman–Crippen LogP) is 2.01. The molecule has 5 heteroatoms. The molecule has 100 valence electrons. The lowest BCUT2D eigenvalue weighted by atomic mass is 10.1. The maximum absolute atomic E-state index is 12.2. The van der Waals surface area contributed by atoms with E-state index in [9.17, 15) is 9.59 Å². The molecule has 0 aliphatic carbocycles. The first-order valence-electron chi connectivity index (χ1n) is 6.01. The maximum Gasteiger partial charge on any atom is 0.335 e. The highest BCUT2D eigenvalue weighted by atomic mass is 16.4. The van der Waals surface area contributed by atoms with Crippen molar-refractivity contribution in [1.29, 1.82) is 5.26 Å². The van der Waals surface area contributed by atoms with Crippen LogP contribution in [0.2, 0.25) is 0 Å². The minimum Gasteiger partial charge on any atom is -0.478 e. The normalized spacial score (nSPS) is 11.4. The number of carbonyl (C=O) groups is 2. The summed E-state index contributed by atoms with van der Waals surface area (Å²) in [5.74, 6) is -1.45. The third-order valence-corrected chi connectivity index (χ3v) is 2.76. The van der Waals surface area contributed by atoms with Crippen LogP contribution in [0.15, 0.2) is 24.3 Å². The molecule has 0 saturated heterocycles. The predicted molar refractivity (Wildman–Crippen MR) is 69.8 cm³/mol. The van der Waals surface area contributed by atoms with Gasteiger partial charge in [-0.2, -0.15) is 5.26 Å². The molecule has 0 saturated carbocycles. The Morgan fingerprint density at radius 3 is 2.26 bits per heavy atom. The lowest BCUT2D eigenvalue weighted by Gasteiger charge is -2.22. The molecule has 0 fully saturated rings. The third kappa shape index (κ3) is 3.81. The fourth-order valence-corrected chi connectivity index (χ4v) is 1.66. The van der Waals surface area contributed by atoms with Gasteiger partial charge in [0, 0.05) is 18.7 Å². The molecule has 1 amide bonds. The molecule has 1 rings (SSSR count). The Kier molecular flexibility index (Phi) is 5.07. The molecule has 0 aliphatic heterocycles. The SMILES string of the molecule is CCN(CC(C)C#N)C(=O)c1ccc(C(=O)O)cc1. The zero-order valence-electron chi connectivity index (χ0n) is 11.0. The maximum atomic E-state index is 12.2. The van der Waals surface area contributed by atoms with Gasteiger partial charge < -0.3 is 10.0 Å². The van der Waals surface area contributed by atoms with Crippen molar-refractivity contribution in [3.63, 3.8) is 0 Å². The molecular weight excluding hydrogens is 244 g/mol. The van der Waals surface area contributed by atoms with E-state index in [1.807, 2.05) is 6.92 Å². The van der Waals surface area contributed by atoms with E-state index >= 15 is 0 Å². The van der Waals surface area contributed by atoms with Gasteiger partial charge in [0.1, 0.15) is 0 Å². The van der Waals surface area contributed by atoms with Crippen LogP contribution in [0.3, 0.4) is 0 Å². The number of benzene rings is 1. The van der Waals surface area contributed by atoms with Crippen molar-refractivity contribution in [1.82, 2.24) is 4.90 Å². The van der Waals surface area contributed by atoms with Crippen LogP contribution < -0.4 is 0 Å². The summed E-state index contributed by atoms with van der Waals surface area (Å²) in [5, 5.41) is 17.6. The van der Waals surface area contributed by atoms with Gasteiger partial charge in [0.2, 0.25) is 0 Å². The van der Waals surface area contributed by atoms with Crippen molar-refractivity contribution in [3.05, 3.63) is 35.4 Å². The van der Waals surface area contributed by atoms with E-state index in [1.165, 1.54) is 24.3 Å². The molecule has 1 atom stereocenters. The second-order valence-corrected chi connectivity index (χ2v) is 4.26. The number of carboxylic acids is 1. The van der Waals surface area contributed by atoms with Crippen LogP contribution in [0, 0.1) is 17.2 Å². The monoisotopic (exact) mass is 260 g/mol. The average molecular weight is 260 g/mol. The van der Waals surface area contributed by atoms with Crippen molar-refractivity contribution in [2.24, 2.45) is 5.92 Å². The molecule has 19 heavy (non-hydrogen) atoms. The van der Waals surface area contributed by atoms with E-state index in [0.717, 1.165) is 0 Å². The highest BCUT2D eigenvalue weighted by Crippen LogP contribution is 2.09. The van der Waals surface area contributed by atoms with E-state index in [2.05, 4.69) is 6.07 Å². The summed E-state index contributed by atoms with van der Waals surface area (Å²) < 4.78 is 0. The number of nitrogens with zero attached hydrogens (tertiary/aromatic N) is 2. The number of rotatable bonds is 5. The molecule has 5 nitrogen and oxygen atoms in total. The zero-order chi connectivity index (χ0) is 14.4. The third-order valence-electron chi connectivity index (χ3n) is 2.76. The van der Waals surface area contributed by atoms with E-state index < -0.39 is 5.97 Å². The summed E-state index contributed by atoms with van der Waals surface area (Å²) in [7, 11) is 0. The summed E-state index contributed by atoms with van der Waals surface area (Å²) in [6.07, 6.45) is 0. The van der Waals surface area contributed by atoms with Crippen LogP contribution >= 0.6 is 0 Å². The quantitative estimate of drug-likeness (QED) is 0.878. The fraction of sp³-hybridized carbons (Fsp3) is 0.357. The van der Waals surface area contributed by atoms with E-state index in [4.69, 9.17) is 10.4 Å². The standard InChI is InChI=1S/C14H16N2O3/c1-3-16(9-10(2)8-15)13(17)11-4-6-12(7-5-11)14(18)19/h4-7,10H,3,9H2,1-2H3,(H,18,19). The Hall–Kier alpha value is -2.35. The Balaban J connectivity index is 2.86. The van der Waals surface area contributed by atoms with Gasteiger partial charge in [0.25, 0.3) is 5.91 Å². The Morgan fingerprint density at radius 2 is 1.84 bits per heavy atom. The highest BCUT2D eigenvalue weighted by molar-refractivity contribution is 5.95. The molecule has 0 aromatic heterocycles.